The number of hydrogen-bond acceptors (Lipinski definition) is 6. The van der Waals surface area contributed by atoms with Crippen LogP contribution in [0.1, 0.15) is 148 Å². The van der Waals surface area contributed by atoms with E-state index in [0.717, 1.165) is 81.0 Å². The number of unbranched alkanes of at least 4 members (excludes halogenated alkanes) is 5. The molecule has 0 amide bonds. The van der Waals surface area contributed by atoms with Crippen LogP contribution in [0.4, 0.5) is 13.2 Å². The summed E-state index contributed by atoms with van der Waals surface area (Å²) in [5, 5.41) is 0.414. The first-order valence-corrected chi connectivity index (χ1v) is 20.0. The van der Waals surface area contributed by atoms with Crippen LogP contribution in [-0.2, 0) is 15.8 Å². The van der Waals surface area contributed by atoms with Crippen LogP contribution in [-0.4, -0.2) is 21.9 Å². The summed E-state index contributed by atoms with van der Waals surface area (Å²) < 4.78 is 47.8. The van der Waals surface area contributed by atoms with Crippen molar-refractivity contribution < 1.29 is 32.2 Å². The Morgan fingerprint density at radius 1 is 0.667 bits per heavy atom. The average Bonchev–Trinajstić information content (AvgIpc) is 3.14. The third-order valence-electron chi connectivity index (χ3n) is 11.6. The molecule has 3 aliphatic rings. The summed E-state index contributed by atoms with van der Waals surface area (Å²) >= 11 is 5.79. The molecule has 10 heteroatoms. The van der Waals surface area contributed by atoms with Crippen LogP contribution in [0.15, 0.2) is 36.7 Å². The van der Waals surface area contributed by atoms with Gasteiger partial charge in [0.05, 0.1) is 24.2 Å². The Hall–Kier alpha value is -2.68. The minimum atomic E-state index is -4.49. The second-order valence-electron chi connectivity index (χ2n) is 15.1. The predicted octanol–water partition coefficient (Wildman–Crippen LogP) is 12.2. The summed E-state index contributed by atoms with van der Waals surface area (Å²) in [6.07, 6.45) is 22.6. The van der Waals surface area contributed by atoms with Crippen molar-refractivity contribution >= 4 is 23.5 Å². The topological polar surface area (TPSA) is 78.4 Å². The number of carbonyl (C=O) groups excluding carboxylic acids is 2. The summed E-state index contributed by atoms with van der Waals surface area (Å²) in [7, 11) is 0. The molecule has 0 N–H and O–H groups in total. The van der Waals surface area contributed by atoms with E-state index in [-0.39, 0.29) is 29.5 Å². The molecule has 0 atom stereocenters. The Morgan fingerprint density at radius 3 is 1.65 bits per heavy atom. The second-order valence-corrected chi connectivity index (χ2v) is 15.5. The number of rotatable bonds is 13. The van der Waals surface area contributed by atoms with Crippen LogP contribution < -0.4 is 9.47 Å². The van der Waals surface area contributed by atoms with Crippen LogP contribution in [0.25, 0.3) is 0 Å². The zero-order valence-electron chi connectivity index (χ0n) is 30.6. The predicted molar refractivity (Wildman–Crippen MR) is 194 cm³/mol. The minimum absolute atomic E-state index is 0.0426. The number of aromatic nitrogens is 2. The number of alkyl halides is 3. The van der Waals surface area contributed by atoms with Crippen molar-refractivity contribution in [2.45, 2.75) is 148 Å². The maximum Gasteiger partial charge on any atom is 0.433 e. The molecule has 0 unspecified atom stereocenters. The van der Waals surface area contributed by atoms with Gasteiger partial charge in [-0.1, -0.05) is 89.7 Å². The molecule has 284 valence electrons. The number of esters is 2. The highest BCUT2D eigenvalue weighted by Crippen LogP contribution is 2.43. The third-order valence-corrected chi connectivity index (χ3v) is 11.8. The van der Waals surface area contributed by atoms with Crippen molar-refractivity contribution in [2.75, 3.05) is 0 Å². The largest absolute Gasteiger partial charge is 0.433 e. The van der Waals surface area contributed by atoms with Gasteiger partial charge in [-0.2, -0.15) is 13.2 Å². The zero-order chi connectivity index (χ0) is 36.6. The molecule has 2 heterocycles. The van der Waals surface area contributed by atoms with Crippen molar-refractivity contribution in [1.82, 2.24) is 9.97 Å². The smallest absolute Gasteiger partial charge is 0.425 e. The number of pyridine rings is 2. The normalized spacial score (nSPS) is 25.3. The molecule has 0 aliphatic heterocycles. The highest BCUT2D eigenvalue weighted by Gasteiger charge is 2.34. The van der Waals surface area contributed by atoms with Crippen molar-refractivity contribution in [3.8, 4) is 11.5 Å². The molecule has 5 rings (SSSR count). The first kappa shape index (κ1) is 41.1. The van der Waals surface area contributed by atoms with E-state index < -0.39 is 11.9 Å². The maximum absolute atomic E-state index is 12.5. The number of ether oxygens (including phenoxy) is 2. The van der Waals surface area contributed by atoms with E-state index in [0.29, 0.717) is 16.8 Å². The lowest BCUT2D eigenvalue weighted by atomic mass is 9.68. The van der Waals surface area contributed by atoms with Gasteiger partial charge in [-0.25, -0.2) is 9.97 Å². The van der Waals surface area contributed by atoms with Crippen molar-refractivity contribution in [3.63, 3.8) is 0 Å². The van der Waals surface area contributed by atoms with Gasteiger partial charge in [0.1, 0.15) is 22.3 Å². The molecule has 2 aromatic heterocycles. The van der Waals surface area contributed by atoms with E-state index >= 15 is 0 Å². The number of hydrogen-bond donors (Lipinski definition) is 0. The fourth-order valence-electron chi connectivity index (χ4n) is 8.22. The van der Waals surface area contributed by atoms with E-state index in [1.807, 2.05) is 0 Å². The van der Waals surface area contributed by atoms with Crippen LogP contribution in [0.3, 0.4) is 0 Å². The second kappa shape index (κ2) is 21.1. The van der Waals surface area contributed by atoms with Gasteiger partial charge in [-0.3, -0.25) is 9.59 Å². The van der Waals surface area contributed by atoms with Gasteiger partial charge in [-0.15, -0.1) is 0 Å². The summed E-state index contributed by atoms with van der Waals surface area (Å²) in [5.41, 5.74) is -0.995. The molecular formula is C41H58ClF3N2O4. The van der Waals surface area contributed by atoms with Gasteiger partial charge in [0.2, 0.25) is 0 Å². The Bertz CT molecular complexity index is 1300. The molecule has 3 fully saturated rings. The van der Waals surface area contributed by atoms with Gasteiger partial charge >= 0.3 is 18.1 Å². The third kappa shape index (κ3) is 14.0. The van der Waals surface area contributed by atoms with Gasteiger partial charge in [0.15, 0.2) is 0 Å². The van der Waals surface area contributed by atoms with Crippen LogP contribution in [0.2, 0.25) is 5.15 Å². The van der Waals surface area contributed by atoms with Gasteiger partial charge < -0.3 is 9.47 Å². The first-order chi connectivity index (χ1) is 24.5. The van der Waals surface area contributed by atoms with Crippen molar-refractivity contribution in [3.05, 3.63) is 47.5 Å². The fraction of sp³-hybridized carbons (Fsp3) is 0.707. The lowest BCUT2D eigenvalue weighted by molar-refractivity contribution is -0.142. The molecule has 0 radical (unpaired) electrons. The lowest BCUT2D eigenvalue weighted by Gasteiger charge is -2.37. The Balaban J connectivity index is 0.000000244. The first-order valence-electron chi connectivity index (χ1n) is 19.6. The molecule has 3 aliphatic carbocycles. The van der Waals surface area contributed by atoms with Gasteiger partial charge in [0.25, 0.3) is 0 Å². The fourth-order valence-corrected chi connectivity index (χ4v) is 8.34. The van der Waals surface area contributed by atoms with E-state index in [1.165, 1.54) is 89.7 Å². The standard InChI is InChI=1S/C26H40ClNO2.C15H18F3NO2/c1-2-3-4-5-6-7-8-20-9-11-21(12-10-20)22-13-15-23(16-14-22)26(29)30-24-17-18-25(27)28-19-24;1-2-10-3-5-11(6-4-10)14(20)21-12-7-8-13(19-9-12)15(16,17)18/h17-23H,2-16H2,1H3;7-11H,2-6H2,1H3/t20-,21-,22-,23-;10-,11-. The van der Waals surface area contributed by atoms with Crippen LogP contribution in [0, 0.1) is 35.5 Å². The highest BCUT2D eigenvalue weighted by atomic mass is 35.5. The summed E-state index contributed by atoms with van der Waals surface area (Å²) in [6.45, 7) is 4.42. The average molecular weight is 735 g/mol. The van der Waals surface area contributed by atoms with Crippen LogP contribution >= 0.6 is 11.6 Å². The number of carbonyl (C=O) groups is 2. The quantitative estimate of drug-likeness (QED) is 0.116. The molecule has 0 spiro atoms. The molecule has 0 saturated heterocycles. The van der Waals surface area contributed by atoms with Crippen molar-refractivity contribution in [1.29, 1.82) is 0 Å². The zero-order valence-corrected chi connectivity index (χ0v) is 31.4. The summed E-state index contributed by atoms with van der Waals surface area (Å²) in [4.78, 5) is 31.7. The highest BCUT2D eigenvalue weighted by molar-refractivity contribution is 6.29. The molecule has 6 nitrogen and oxygen atoms in total. The molecule has 0 bridgehead atoms. The van der Waals surface area contributed by atoms with E-state index in [4.69, 9.17) is 21.1 Å². The monoisotopic (exact) mass is 734 g/mol. The van der Waals surface area contributed by atoms with Gasteiger partial charge in [0, 0.05) is 0 Å². The van der Waals surface area contributed by atoms with E-state index in [2.05, 4.69) is 23.8 Å². The van der Waals surface area contributed by atoms with Gasteiger partial charge in [-0.05, 0) is 112 Å². The molecule has 0 aromatic carbocycles. The molecule has 51 heavy (non-hydrogen) atoms. The molecule has 3 saturated carbocycles. The number of halogens is 4. The van der Waals surface area contributed by atoms with E-state index in [9.17, 15) is 22.8 Å². The molecule has 2 aromatic rings. The summed E-state index contributed by atoms with van der Waals surface area (Å²) in [6, 6.07) is 5.31. The summed E-state index contributed by atoms with van der Waals surface area (Å²) in [5.74, 6) is 3.33. The Morgan fingerprint density at radius 2 is 1.16 bits per heavy atom. The van der Waals surface area contributed by atoms with Crippen molar-refractivity contribution in [2.24, 2.45) is 35.5 Å². The Labute approximate surface area is 308 Å². The maximum atomic E-state index is 12.5. The lowest BCUT2D eigenvalue weighted by Crippen LogP contribution is -2.30. The minimum Gasteiger partial charge on any atom is -0.425 e. The molecular weight excluding hydrogens is 677 g/mol. The number of nitrogens with zero attached hydrogens (tertiary/aromatic N) is 2. The van der Waals surface area contributed by atoms with Crippen LogP contribution in [0.5, 0.6) is 11.5 Å². The SMILES string of the molecule is CCCCCCCC[C@H]1CC[C@H]([C@H]2CC[C@H](C(=O)Oc3ccc(Cl)nc3)CC2)CC1.CC[C@H]1CC[C@H](C(=O)Oc2ccc(C(F)(F)F)nc2)CC1. The van der Waals surface area contributed by atoms with E-state index in [1.54, 1.807) is 12.1 Å². The Kier molecular flexibility index (Phi) is 17.0.